The molecule has 2 aromatic heterocycles. The molecule has 36 heavy (non-hydrogen) atoms. The lowest BCUT2D eigenvalue weighted by Gasteiger charge is -2.23. The van der Waals surface area contributed by atoms with Crippen molar-refractivity contribution >= 4 is 29.2 Å². The molecule has 1 aliphatic carbocycles. The van der Waals surface area contributed by atoms with Crippen molar-refractivity contribution in [1.82, 2.24) is 9.97 Å². The Kier molecular flexibility index (Phi) is 6.30. The Balaban J connectivity index is 1.39. The van der Waals surface area contributed by atoms with E-state index in [1.807, 2.05) is 6.92 Å². The van der Waals surface area contributed by atoms with Crippen molar-refractivity contribution in [1.29, 1.82) is 0 Å². The van der Waals surface area contributed by atoms with Crippen molar-refractivity contribution < 1.29 is 23.8 Å². The Morgan fingerprint density at radius 1 is 1.14 bits per heavy atom. The minimum absolute atomic E-state index is 0.246. The predicted molar refractivity (Wildman–Crippen MR) is 133 cm³/mol. The van der Waals surface area contributed by atoms with Gasteiger partial charge in [0.25, 0.3) is 5.91 Å². The number of aromatic carboxylic acids is 1. The van der Waals surface area contributed by atoms with Crippen LogP contribution in [0.2, 0.25) is 0 Å². The molecule has 1 amide bonds. The maximum absolute atomic E-state index is 13.9. The number of ether oxygens (including phenoxy) is 1. The molecule has 0 unspecified atom stereocenters. The van der Waals surface area contributed by atoms with Gasteiger partial charge in [0.05, 0.1) is 23.4 Å². The summed E-state index contributed by atoms with van der Waals surface area (Å²) in [7, 11) is 1.64. The molecule has 0 fully saturated rings. The van der Waals surface area contributed by atoms with Gasteiger partial charge in [0.15, 0.2) is 5.82 Å². The number of carboxylic acids is 1. The van der Waals surface area contributed by atoms with E-state index in [0.717, 1.165) is 42.4 Å². The van der Waals surface area contributed by atoms with Gasteiger partial charge in [-0.2, -0.15) is 9.37 Å². The number of benzene rings is 1. The lowest BCUT2D eigenvalue weighted by atomic mass is 9.87. The number of nitrogens with zero attached hydrogens (tertiary/aromatic N) is 4. The van der Waals surface area contributed by atoms with Crippen LogP contribution in [0, 0.1) is 5.95 Å². The standard InChI is InChI=1S/C27H27FN4O4/c1-3-32-24-20(26(33)31(2)21-9-11-23(28)30-25(21)32)14-16(15-29-24)12-13-36-22-10-8-19(27(34)35)17-6-4-5-7-18(17)22/h8-11,14-15H,3-7,12-13H2,1-2H3,(H,34,35). The number of carboxylic acid groups (broad SMARTS) is 1. The molecule has 0 radical (unpaired) electrons. The maximum Gasteiger partial charge on any atom is 0.335 e. The fourth-order valence-electron chi connectivity index (χ4n) is 5.03. The van der Waals surface area contributed by atoms with Crippen molar-refractivity contribution in [2.24, 2.45) is 0 Å². The van der Waals surface area contributed by atoms with Crippen LogP contribution in [0.15, 0.2) is 36.5 Å². The molecule has 0 bridgehead atoms. The van der Waals surface area contributed by atoms with E-state index in [0.29, 0.717) is 53.8 Å². The normalized spacial score (nSPS) is 14.6. The number of carbonyl (C=O) groups is 2. The second kappa shape index (κ2) is 9.56. The Bertz CT molecular complexity index is 1360. The third-order valence-electron chi connectivity index (χ3n) is 6.84. The summed E-state index contributed by atoms with van der Waals surface area (Å²) < 4.78 is 20.0. The fraction of sp³-hybridized carbons (Fsp3) is 0.333. The van der Waals surface area contributed by atoms with Crippen molar-refractivity contribution in [3.8, 4) is 5.75 Å². The van der Waals surface area contributed by atoms with Gasteiger partial charge in [-0.15, -0.1) is 0 Å². The molecule has 3 aromatic rings. The summed E-state index contributed by atoms with van der Waals surface area (Å²) >= 11 is 0. The van der Waals surface area contributed by atoms with Crippen LogP contribution in [0.1, 0.15) is 57.2 Å². The first-order valence-electron chi connectivity index (χ1n) is 12.1. The van der Waals surface area contributed by atoms with Crippen molar-refractivity contribution in [3.05, 3.63) is 70.3 Å². The van der Waals surface area contributed by atoms with Crippen LogP contribution in [0.25, 0.3) is 0 Å². The molecule has 1 N–H and O–H groups in total. The number of halogens is 1. The molecule has 186 valence electrons. The molecule has 0 saturated heterocycles. The summed E-state index contributed by atoms with van der Waals surface area (Å²) in [5.41, 5.74) is 3.96. The number of amides is 1. The summed E-state index contributed by atoms with van der Waals surface area (Å²) in [6.45, 7) is 2.72. The average molecular weight is 491 g/mol. The van der Waals surface area contributed by atoms with E-state index in [9.17, 15) is 19.1 Å². The molecule has 3 heterocycles. The number of fused-ring (bicyclic) bond motifs is 3. The molecule has 2 aliphatic rings. The zero-order valence-corrected chi connectivity index (χ0v) is 20.3. The molecule has 8 nitrogen and oxygen atoms in total. The largest absolute Gasteiger partial charge is 0.493 e. The Labute approximate surface area is 208 Å². The van der Waals surface area contributed by atoms with Gasteiger partial charge in [-0.05, 0) is 79.6 Å². The van der Waals surface area contributed by atoms with Gasteiger partial charge in [-0.1, -0.05) is 0 Å². The van der Waals surface area contributed by atoms with E-state index < -0.39 is 11.9 Å². The Hall–Kier alpha value is -4.01. The third-order valence-corrected chi connectivity index (χ3v) is 6.84. The maximum atomic E-state index is 13.9. The number of hydrogen-bond donors (Lipinski definition) is 1. The number of hydrogen-bond acceptors (Lipinski definition) is 6. The highest BCUT2D eigenvalue weighted by molar-refractivity contribution is 6.12. The molecular weight excluding hydrogens is 463 g/mol. The first-order chi connectivity index (χ1) is 17.4. The van der Waals surface area contributed by atoms with Crippen molar-refractivity contribution in [2.45, 2.75) is 39.0 Å². The average Bonchev–Trinajstić information content (AvgIpc) is 2.96. The van der Waals surface area contributed by atoms with E-state index >= 15 is 0 Å². The van der Waals surface area contributed by atoms with Crippen LogP contribution in [0.5, 0.6) is 5.75 Å². The van der Waals surface area contributed by atoms with Gasteiger partial charge < -0.3 is 19.6 Å². The molecule has 0 saturated carbocycles. The van der Waals surface area contributed by atoms with Gasteiger partial charge in [0.2, 0.25) is 5.95 Å². The first-order valence-corrected chi connectivity index (χ1v) is 12.1. The minimum Gasteiger partial charge on any atom is -0.493 e. The molecule has 1 aliphatic heterocycles. The Morgan fingerprint density at radius 3 is 2.67 bits per heavy atom. The summed E-state index contributed by atoms with van der Waals surface area (Å²) in [6, 6.07) is 7.95. The molecule has 5 rings (SSSR count). The van der Waals surface area contributed by atoms with Crippen molar-refractivity contribution in [3.63, 3.8) is 0 Å². The van der Waals surface area contributed by atoms with Gasteiger partial charge in [0.1, 0.15) is 11.6 Å². The lowest BCUT2D eigenvalue weighted by Crippen LogP contribution is -2.25. The van der Waals surface area contributed by atoms with Crippen LogP contribution in [-0.2, 0) is 19.3 Å². The van der Waals surface area contributed by atoms with E-state index in [2.05, 4.69) is 9.97 Å². The molecule has 9 heteroatoms. The zero-order chi connectivity index (χ0) is 25.4. The first kappa shape index (κ1) is 23.7. The topological polar surface area (TPSA) is 95.9 Å². The summed E-state index contributed by atoms with van der Waals surface area (Å²) in [5, 5.41) is 9.52. The number of pyridine rings is 2. The number of anilines is 3. The molecule has 0 spiro atoms. The van der Waals surface area contributed by atoms with Crippen molar-refractivity contribution in [2.75, 3.05) is 30.0 Å². The summed E-state index contributed by atoms with van der Waals surface area (Å²) in [5.74, 6) is -0.270. The van der Waals surface area contributed by atoms with Crippen LogP contribution in [0.3, 0.4) is 0 Å². The Morgan fingerprint density at radius 2 is 1.92 bits per heavy atom. The van der Waals surface area contributed by atoms with E-state index in [-0.39, 0.29) is 5.91 Å². The summed E-state index contributed by atoms with van der Waals surface area (Å²) in [4.78, 5) is 36.7. The second-order valence-corrected chi connectivity index (χ2v) is 8.98. The van der Waals surface area contributed by atoms with Gasteiger partial charge in [-0.3, -0.25) is 4.79 Å². The SMILES string of the molecule is CCN1c2ncc(CCOc3ccc(C(=O)O)c4c3CCCC4)cc2C(=O)N(C)c2ccc(F)nc21. The van der Waals surface area contributed by atoms with Crippen LogP contribution in [0.4, 0.5) is 21.7 Å². The van der Waals surface area contributed by atoms with Gasteiger partial charge in [-0.25, -0.2) is 9.78 Å². The molecule has 1 aromatic carbocycles. The fourth-order valence-corrected chi connectivity index (χ4v) is 5.03. The predicted octanol–water partition coefficient (Wildman–Crippen LogP) is 4.56. The lowest BCUT2D eigenvalue weighted by molar-refractivity contribution is 0.0695. The highest BCUT2D eigenvalue weighted by Crippen LogP contribution is 2.38. The van der Waals surface area contributed by atoms with E-state index in [1.54, 1.807) is 42.4 Å². The minimum atomic E-state index is -0.911. The third kappa shape index (κ3) is 4.14. The monoisotopic (exact) mass is 490 g/mol. The highest BCUT2D eigenvalue weighted by Gasteiger charge is 2.31. The van der Waals surface area contributed by atoms with Crippen LogP contribution in [-0.4, -0.2) is 47.2 Å². The quantitative estimate of drug-likeness (QED) is 0.506. The van der Waals surface area contributed by atoms with Crippen LogP contribution < -0.4 is 14.5 Å². The smallest absolute Gasteiger partial charge is 0.335 e. The van der Waals surface area contributed by atoms with Crippen LogP contribution >= 0.6 is 0 Å². The summed E-state index contributed by atoms with van der Waals surface area (Å²) in [6.07, 6.45) is 5.74. The molecule has 0 atom stereocenters. The van der Waals surface area contributed by atoms with E-state index in [1.165, 1.54) is 11.0 Å². The van der Waals surface area contributed by atoms with E-state index in [4.69, 9.17) is 4.74 Å². The van der Waals surface area contributed by atoms with Gasteiger partial charge >= 0.3 is 5.97 Å². The number of aromatic nitrogens is 2. The number of carbonyl (C=O) groups excluding carboxylic acids is 1. The zero-order valence-electron chi connectivity index (χ0n) is 20.3. The second-order valence-electron chi connectivity index (χ2n) is 8.98. The van der Waals surface area contributed by atoms with Gasteiger partial charge in [0, 0.05) is 26.2 Å². The number of rotatable bonds is 6. The highest BCUT2D eigenvalue weighted by atomic mass is 19.1. The molecular formula is C27H27FN4O4.